The first kappa shape index (κ1) is 13.1. The summed E-state index contributed by atoms with van der Waals surface area (Å²) >= 11 is 0. The molecular formula is C14H17N3O3. The zero-order chi connectivity index (χ0) is 14.0. The lowest BCUT2D eigenvalue weighted by Gasteiger charge is -2.32. The number of pyridine rings is 1. The van der Waals surface area contributed by atoms with E-state index in [0.717, 1.165) is 25.7 Å². The number of methoxy groups -OCH3 is 1. The number of nitrogens with zero attached hydrogens (tertiary/aromatic N) is 3. The molecule has 0 radical (unpaired) electrons. The molecule has 0 unspecified atom stereocenters. The Bertz CT molecular complexity index is 591. The first-order valence-electron chi connectivity index (χ1n) is 6.77. The Morgan fingerprint density at radius 1 is 1.25 bits per heavy atom. The van der Waals surface area contributed by atoms with Crippen molar-refractivity contribution in [2.75, 3.05) is 7.11 Å². The molecule has 6 heteroatoms. The summed E-state index contributed by atoms with van der Waals surface area (Å²) in [5.41, 5.74) is 0.162. The fourth-order valence-corrected chi connectivity index (χ4v) is 2.71. The van der Waals surface area contributed by atoms with Crippen LogP contribution in [0.3, 0.4) is 0 Å². The van der Waals surface area contributed by atoms with Gasteiger partial charge in [-0.1, -0.05) is 24.4 Å². The lowest BCUT2D eigenvalue weighted by atomic mass is 9.84. The van der Waals surface area contributed by atoms with Gasteiger partial charge >= 0.3 is 0 Å². The lowest BCUT2D eigenvalue weighted by molar-refractivity contribution is -0.0527. The third-order valence-corrected chi connectivity index (χ3v) is 3.86. The van der Waals surface area contributed by atoms with Crippen LogP contribution in [0.25, 0.3) is 11.5 Å². The molecule has 0 saturated heterocycles. The van der Waals surface area contributed by atoms with Crippen molar-refractivity contribution in [3.63, 3.8) is 0 Å². The van der Waals surface area contributed by atoms with Crippen molar-refractivity contribution in [2.24, 2.45) is 0 Å². The molecule has 0 bridgehead atoms. The zero-order valence-electron chi connectivity index (χ0n) is 11.4. The first-order chi connectivity index (χ1) is 9.73. The smallest absolute Gasteiger partial charge is 0.259 e. The Kier molecular flexibility index (Phi) is 3.40. The summed E-state index contributed by atoms with van der Waals surface area (Å²) in [5, 5.41) is 13.5. The van der Waals surface area contributed by atoms with E-state index in [0.29, 0.717) is 17.3 Å². The molecule has 0 atom stereocenters. The summed E-state index contributed by atoms with van der Waals surface area (Å²) in [4.78, 5) is 8.35. The summed E-state index contributed by atoms with van der Waals surface area (Å²) in [6, 6.07) is 1.55. The third kappa shape index (κ3) is 2.27. The molecule has 1 aliphatic carbocycles. The van der Waals surface area contributed by atoms with Crippen molar-refractivity contribution < 1.29 is 14.4 Å². The van der Waals surface area contributed by atoms with Gasteiger partial charge in [0, 0.05) is 13.3 Å². The highest BCUT2D eigenvalue weighted by Gasteiger charge is 2.38. The van der Waals surface area contributed by atoms with E-state index < -0.39 is 5.60 Å². The maximum Gasteiger partial charge on any atom is 0.259 e. The molecule has 1 aliphatic rings. The molecule has 106 valence electrons. The second-order valence-electron chi connectivity index (χ2n) is 5.11. The van der Waals surface area contributed by atoms with E-state index in [2.05, 4.69) is 15.1 Å². The van der Waals surface area contributed by atoms with Crippen LogP contribution >= 0.6 is 0 Å². The number of aromatic nitrogens is 3. The number of rotatable bonds is 3. The number of ether oxygens (including phenoxy) is 1. The van der Waals surface area contributed by atoms with Crippen LogP contribution in [-0.2, 0) is 10.3 Å². The van der Waals surface area contributed by atoms with Crippen LogP contribution in [0.15, 0.2) is 23.0 Å². The van der Waals surface area contributed by atoms with Gasteiger partial charge in [-0.05, 0) is 18.9 Å². The minimum Gasteiger partial charge on any atom is -0.506 e. The second kappa shape index (κ2) is 5.20. The van der Waals surface area contributed by atoms with Gasteiger partial charge in [0.2, 0.25) is 5.82 Å². The molecule has 3 rings (SSSR count). The topological polar surface area (TPSA) is 81.3 Å². The summed E-state index contributed by atoms with van der Waals surface area (Å²) < 4.78 is 11.0. The number of hydrogen-bond donors (Lipinski definition) is 1. The molecule has 20 heavy (non-hydrogen) atoms. The maximum atomic E-state index is 9.45. The molecule has 6 nitrogen and oxygen atoms in total. The van der Waals surface area contributed by atoms with Crippen molar-refractivity contribution >= 4 is 0 Å². The van der Waals surface area contributed by atoms with Crippen LogP contribution in [0.2, 0.25) is 0 Å². The fourth-order valence-electron chi connectivity index (χ4n) is 2.71. The molecule has 2 aromatic heterocycles. The van der Waals surface area contributed by atoms with Crippen LogP contribution in [0.1, 0.15) is 37.9 Å². The molecule has 0 aliphatic heterocycles. The van der Waals surface area contributed by atoms with Crippen molar-refractivity contribution in [2.45, 2.75) is 37.7 Å². The van der Waals surface area contributed by atoms with E-state index in [9.17, 15) is 5.11 Å². The Morgan fingerprint density at radius 2 is 2.05 bits per heavy atom. The highest BCUT2D eigenvalue weighted by molar-refractivity contribution is 5.53. The van der Waals surface area contributed by atoms with E-state index in [1.165, 1.54) is 12.6 Å². The average molecular weight is 275 g/mol. The van der Waals surface area contributed by atoms with Crippen molar-refractivity contribution in [1.82, 2.24) is 15.1 Å². The Hall–Kier alpha value is -1.95. The van der Waals surface area contributed by atoms with Crippen molar-refractivity contribution in [3.8, 4) is 17.2 Å². The largest absolute Gasteiger partial charge is 0.506 e. The maximum absolute atomic E-state index is 9.45. The molecule has 1 saturated carbocycles. The monoisotopic (exact) mass is 275 g/mol. The second-order valence-corrected chi connectivity index (χ2v) is 5.11. The van der Waals surface area contributed by atoms with E-state index >= 15 is 0 Å². The van der Waals surface area contributed by atoms with E-state index in [1.54, 1.807) is 19.4 Å². The van der Waals surface area contributed by atoms with Gasteiger partial charge in [0.25, 0.3) is 5.89 Å². The third-order valence-electron chi connectivity index (χ3n) is 3.86. The zero-order valence-corrected chi connectivity index (χ0v) is 11.4. The van der Waals surface area contributed by atoms with Gasteiger partial charge in [-0.15, -0.1) is 0 Å². The van der Waals surface area contributed by atoms with Crippen molar-refractivity contribution in [3.05, 3.63) is 24.3 Å². The summed E-state index contributed by atoms with van der Waals surface area (Å²) in [7, 11) is 1.69. The molecular weight excluding hydrogens is 258 g/mol. The minimum atomic E-state index is -0.440. The van der Waals surface area contributed by atoms with E-state index in [4.69, 9.17) is 9.26 Å². The van der Waals surface area contributed by atoms with Gasteiger partial charge in [0.1, 0.15) is 11.4 Å². The van der Waals surface area contributed by atoms with E-state index in [1.807, 2.05) is 0 Å². The Morgan fingerprint density at radius 3 is 2.75 bits per heavy atom. The molecule has 0 aromatic carbocycles. The van der Waals surface area contributed by atoms with E-state index in [-0.39, 0.29) is 5.75 Å². The Labute approximate surface area is 116 Å². The fraction of sp³-hybridized carbons (Fsp3) is 0.500. The average Bonchev–Trinajstić information content (AvgIpc) is 2.98. The van der Waals surface area contributed by atoms with Gasteiger partial charge in [0.15, 0.2) is 0 Å². The van der Waals surface area contributed by atoms with Gasteiger partial charge < -0.3 is 14.4 Å². The molecule has 2 heterocycles. The summed E-state index contributed by atoms with van der Waals surface area (Å²) in [6.45, 7) is 0. The first-order valence-corrected chi connectivity index (χ1v) is 6.77. The highest BCUT2D eigenvalue weighted by atomic mass is 16.5. The highest BCUT2D eigenvalue weighted by Crippen LogP contribution is 2.39. The Balaban J connectivity index is 1.93. The molecule has 1 fully saturated rings. The summed E-state index contributed by atoms with van der Waals surface area (Å²) in [5.74, 6) is 1.00. The predicted octanol–water partition coefficient (Wildman–Crippen LogP) is 2.64. The SMILES string of the molecule is COC1(c2noc(-c3cncc(O)c3)n2)CCCCC1. The van der Waals surface area contributed by atoms with Gasteiger partial charge in [-0.2, -0.15) is 4.98 Å². The molecule has 1 N–H and O–H groups in total. The lowest BCUT2D eigenvalue weighted by Crippen LogP contribution is -2.32. The van der Waals surface area contributed by atoms with Gasteiger partial charge in [0.05, 0.1) is 11.8 Å². The predicted molar refractivity (Wildman–Crippen MR) is 71.0 cm³/mol. The van der Waals surface area contributed by atoms with Gasteiger partial charge in [-0.25, -0.2) is 0 Å². The van der Waals surface area contributed by atoms with Crippen LogP contribution < -0.4 is 0 Å². The summed E-state index contributed by atoms with van der Waals surface area (Å²) in [6.07, 6.45) is 8.17. The van der Waals surface area contributed by atoms with Crippen LogP contribution in [-0.4, -0.2) is 27.3 Å². The minimum absolute atomic E-state index is 0.0707. The number of aromatic hydroxyl groups is 1. The van der Waals surface area contributed by atoms with Crippen molar-refractivity contribution in [1.29, 1.82) is 0 Å². The molecule has 0 amide bonds. The quantitative estimate of drug-likeness (QED) is 0.927. The standard InChI is InChI=1S/C14H17N3O3/c1-19-14(5-3-2-4-6-14)13-16-12(20-17-13)10-7-11(18)9-15-8-10/h7-9,18H,2-6H2,1H3. The van der Waals surface area contributed by atoms with Crippen LogP contribution in [0.4, 0.5) is 0 Å². The normalized spacial score (nSPS) is 18.1. The number of hydrogen-bond acceptors (Lipinski definition) is 6. The van der Waals surface area contributed by atoms with Crippen LogP contribution in [0, 0.1) is 0 Å². The van der Waals surface area contributed by atoms with Crippen LogP contribution in [0.5, 0.6) is 5.75 Å². The van der Waals surface area contributed by atoms with Gasteiger partial charge in [-0.3, -0.25) is 4.98 Å². The molecule has 2 aromatic rings. The molecule has 0 spiro atoms.